The normalized spacial score (nSPS) is 13.2. The van der Waals surface area contributed by atoms with Crippen LogP contribution < -0.4 is 5.43 Å². The molecule has 0 bridgehead atoms. The van der Waals surface area contributed by atoms with Crippen LogP contribution in [0.25, 0.3) is 66.8 Å². The molecule has 0 saturated carbocycles. The van der Waals surface area contributed by atoms with Crippen molar-refractivity contribution in [2.24, 2.45) is 5.10 Å². The van der Waals surface area contributed by atoms with Crippen LogP contribution in [0.15, 0.2) is 224 Å². The largest absolute Gasteiger partial charge is 0.299 e. The minimum Gasteiger partial charge on any atom is -0.299 e. The number of nitrogens with one attached hydrogen (secondary N) is 2. The van der Waals surface area contributed by atoms with Gasteiger partial charge >= 0.3 is 0 Å². The molecule has 8 aromatic rings. The van der Waals surface area contributed by atoms with Gasteiger partial charge < -0.3 is 0 Å². The van der Waals surface area contributed by atoms with Gasteiger partial charge in [0.25, 0.3) is 0 Å². The Kier molecular flexibility index (Phi) is 9.81. The third-order valence-corrected chi connectivity index (χ3v) is 10.3. The van der Waals surface area contributed by atoms with Gasteiger partial charge in [0.15, 0.2) is 0 Å². The van der Waals surface area contributed by atoms with E-state index in [1.165, 1.54) is 0 Å². The van der Waals surface area contributed by atoms with Crippen molar-refractivity contribution in [3.8, 4) is 55.6 Å². The highest BCUT2D eigenvalue weighted by atomic mass is 15.3. The van der Waals surface area contributed by atoms with Gasteiger partial charge in [-0.05, 0) is 109 Å². The minimum atomic E-state index is 0.309. The molecular weight excluding hydrogens is 693 g/mol. The van der Waals surface area contributed by atoms with Gasteiger partial charge in [-0.25, -0.2) is 0 Å². The van der Waals surface area contributed by atoms with Crippen LogP contribution in [-0.4, -0.2) is 16.4 Å². The van der Waals surface area contributed by atoms with Crippen LogP contribution in [0.5, 0.6) is 0 Å². The molecule has 0 amide bonds. The first kappa shape index (κ1) is 35.0. The van der Waals surface area contributed by atoms with E-state index >= 15 is 0 Å². The van der Waals surface area contributed by atoms with Crippen LogP contribution in [0.1, 0.15) is 11.1 Å². The fourth-order valence-corrected chi connectivity index (χ4v) is 7.66. The highest BCUT2D eigenvalue weighted by Gasteiger charge is 2.27. The van der Waals surface area contributed by atoms with Crippen molar-refractivity contribution in [2.75, 3.05) is 5.43 Å². The smallest absolute Gasteiger partial charge is 0.116 e. The van der Waals surface area contributed by atoms with Gasteiger partial charge in [-0.3, -0.25) is 15.8 Å². The SMILES string of the molecule is N=C1C=C(c2c(-c3ccccc3)cccc2-c2ccccc2)C=C(c2c(-c3ccccc3)cccc2-c2ccccc2)/C1=N/Nc1cccc(-c2ccncc2)c1. The molecule has 0 fully saturated rings. The van der Waals surface area contributed by atoms with Gasteiger partial charge in [0, 0.05) is 18.0 Å². The summed E-state index contributed by atoms with van der Waals surface area (Å²) >= 11 is 0. The monoisotopic (exact) mass is 730 g/mol. The summed E-state index contributed by atoms with van der Waals surface area (Å²) in [4.78, 5) is 4.19. The lowest BCUT2D eigenvalue weighted by Crippen LogP contribution is -2.20. The Hall–Kier alpha value is -7.69. The predicted octanol–water partition coefficient (Wildman–Crippen LogP) is 13.4. The summed E-state index contributed by atoms with van der Waals surface area (Å²) in [5.74, 6) is 0. The molecule has 4 nitrogen and oxygen atoms in total. The number of nitrogens with zero attached hydrogens (tertiary/aromatic N) is 2. The van der Waals surface area contributed by atoms with E-state index in [9.17, 15) is 5.41 Å². The summed E-state index contributed by atoms with van der Waals surface area (Å²) in [6.45, 7) is 0. The number of benzene rings is 7. The number of hydrogen-bond acceptors (Lipinski definition) is 4. The fraction of sp³-hybridized carbons (Fsp3) is 0. The average molecular weight is 731 g/mol. The Bertz CT molecular complexity index is 2670. The quantitative estimate of drug-likeness (QED) is 0.115. The number of allylic oxidation sites excluding steroid dienone is 4. The van der Waals surface area contributed by atoms with Crippen molar-refractivity contribution >= 4 is 28.3 Å². The zero-order valence-corrected chi connectivity index (χ0v) is 31.2. The number of aromatic nitrogens is 1. The molecule has 2 N–H and O–H groups in total. The molecule has 0 radical (unpaired) electrons. The number of hydrogen-bond donors (Lipinski definition) is 2. The predicted molar refractivity (Wildman–Crippen MR) is 239 cm³/mol. The Morgan fingerprint density at radius 3 is 1.33 bits per heavy atom. The van der Waals surface area contributed by atoms with E-state index in [0.29, 0.717) is 11.4 Å². The van der Waals surface area contributed by atoms with E-state index in [1.54, 1.807) is 12.4 Å². The Morgan fingerprint density at radius 1 is 0.404 bits per heavy atom. The van der Waals surface area contributed by atoms with E-state index in [-0.39, 0.29) is 0 Å². The second-order valence-electron chi connectivity index (χ2n) is 13.9. The third-order valence-electron chi connectivity index (χ3n) is 10.3. The molecule has 270 valence electrons. The first-order chi connectivity index (χ1) is 28.2. The van der Waals surface area contributed by atoms with Crippen molar-refractivity contribution in [3.63, 3.8) is 0 Å². The molecular formula is C53H38N4. The summed E-state index contributed by atoms with van der Waals surface area (Å²) in [5.41, 5.74) is 19.7. The van der Waals surface area contributed by atoms with Gasteiger partial charge in [0.05, 0.1) is 11.4 Å². The second-order valence-corrected chi connectivity index (χ2v) is 13.9. The van der Waals surface area contributed by atoms with Crippen LogP contribution in [0.3, 0.4) is 0 Å². The molecule has 7 aromatic carbocycles. The van der Waals surface area contributed by atoms with Gasteiger partial charge in [0.2, 0.25) is 0 Å². The first-order valence-corrected chi connectivity index (χ1v) is 19.1. The lowest BCUT2D eigenvalue weighted by Gasteiger charge is -2.25. The van der Waals surface area contributed by atoms with Gasteiger partial charge in [-0.15, -0.1) is 0 Å². The maximum absolute atomic E-state index is 9.85. The summed E-state index contributed by atoms with van der Waals surface area (Å²) in [6.07, 6.45) is 7.81. The van der Waals surface area contributed by atoms with Crippen molar-refractivity contribution in [3.05, 3.63) is 230 Å². The molecule has 1 aliphatic carbocycles. The van der Waals surface area contributed by atoms with E-state index in [1.807, 2.05) is 54.6 Å². The standard InChI is InChI=1S/C53H38N4/c54-50-36-43(51-45(38-16-5-1-6-17-38)26-14-27-46(51)39-18-7-2-8-19-39)35-49(53(50)57-56-44-25-13-24-42(34-44)37-30-32-55-33-31-37)52-47(40-20-9-3-10-21-40)28-15-29-48(52)41-22-11-4-12-23-41/h1-36,54,56H/b54-50?,57-53-. The van der Waals surface area contributed by atoms with Gasteiger partial charge in [-0.2, -0.15) is 5.10 Å². The molecule has 9 rings (SSSR count). The van der Waals surface area contributed by atoms with Gasteiger partial charge in [0.1, 0.15) is 5.71 Å². The molecule has 0 unspecified atom stereocenters. The minimum absolute atomic E-state index is 0.309. The summed E-state index contributed by atoms with van der Waals surface area (Å²) in [6, 6.07) is 67.2. The van der Waals surface area contributed by atoms with Crippen LogP contribution in [-0.2, 0) is 0 Å². The molecule has 0 aliphatic heterocycles. The molecule has 0 saturated heterocycles. The van der Waals surface area contributed by atoms with Crippen molar-refractivity contribution in [1.29, 1.82) is 5.41 Å². The molecule has 1 aromatic heterocycles. The number of anilines is 1. The number of rotatable bonds is 9. The molecule has 4 heteroatoms. The fourth-order valence-electron chi connectivity index (χ4n) is 7.66. The van der Waals surface area contributed by atoms with Crippen molar-refractivity contribution < 1.29 is 0 Å². The maximum Gasteiger partial charge on any atom is 0.116 e. The van der Waals surface area contributed by atoms with Crippen LogP contribution in [0, 0.1) is 5.41 Å². The average Bonchev–Trinajstić information content (AvgIpc) is 3.29. The maximum atomic E-state index is 9.85. The molecule has 57 heavy (non-hydrogen) atoms. The molecule has 1 heterocycles. The number of pyridine rings is 1. The zero-order chi connectivity index (χ0) is 38.4. The van der Waals surface area contributed by atoms with Gasteiger partial charge in [-0.1, -0.05) is 170 Å². The van der Waals surface area contributed by atoms with E-state index in [0.717, 1.165) is 83.6 Å². The number of hydrazone groups is 1. The van der Waals surface area contributed by atoms with Crippen LogP contribution in [0.2, 0.25) is 0 Å². The molecule has 0 spiro atoms. The summed E-state index contributed by atoms with van der Waals surface area (Å²) < 4.78 is 0. The van der Waals surface area contributed by atoms with Crippen molar-refractivity contribution in [1.82, 2.24) is 4.98 Å². The van der Waals surface area contributed by atoms with Crippen molar-refractivity contribution in [2.45, 2.75) is 0 Å². The molecule has 0 atom stereocenters. The van der Waals surface area contributed by atoms with Crippen LogP contribution >= 0.6 is 0 Å². The Morgan fingerprint density at radius 2 is 0.842 bits per heavy atom. The molecule has 1 aliphatic rings. The van der Waals surface area contributed by atoms with Crippen LogP contribution in [0.4, 0.5) is 5.69 Å². The summed E-state index contributed by atoms with van der Waals surface area (Å²) in [7, 11) is 0. The second kappa shape index (κ2) is 16.0. The first-order valence-electron chi connectivity index (χ1n) is 19.1. The highest BCUT2D eigenvalue weighted by Crippen LogP contribution is 2.44. The highest BCUT2D eigenvalue weighted by molar-refractivity contribution is 6.63. The Balaban J connectivity index is 1.29. The summed E-state index contributed by atoms with van der Waals surface area (Å²) in [5, 5.41) is 15.0. The lowest BCUT2D eigenvalue weighted by molar-refractivity contribution is 1.32. The van der Waals surface area contributed by atoms with E-state index < -0.39 is 0 Å². The van der Waals surface area contributed by atoms with E-state index in [4.69, 9.17) is 5.10 Å². The zero-order valence-electron chi connectivity index (χ0n) is 31.2. The van der Waals surface area contributed by atoms with E-state index in [2.05, 4.69) is 162 Å². The third kappa shape index (κ3) is 7.28. The Labute approximate surface area is 333 Å². The topological polar surface area (TPSA) is 61.1 Å². The lowest BCUT2D eigenvalue weighted by atomic mass is 9.79.